The van der Waals surface area contributed by atoms with E-state index >= 15 is 0 Å². The van der Waals surface area contributed by atoms with E-state index in [1.165, 1.54) is 6.07 Å². The van der Waals surface area contributed by atoms with Gasteiger partial charge in [-0.1, -0.05) is 12.1 Å². The normalized spacial score (nSPS) is 10.3. The van der Waals surface area contributed by atoms with Gasteiger partial charge >= 0.3 is 0 Å². The van der Waals surface area contributed by atoms with Gasteiger partial charge in [0.1, 0.15) is 0 Å². The number of carbonyl (C=O) groups excluding carboxylic acids is 1. The molecule has 0 bridgehead atoms. The van der Waals surface area contributed by atoms with Crippen molar-refractivity contribution in [3.8, 4) is 0 Å². The zero-order chi connectivity index (χ0) is 14.7. The van der Waals surface area contributed by atoms with Crippen molar-refractivity contribution in [1.82, 2.24) is 5.32 Å². The van der Waals surface area contributed by atoms with Crippen molar-refractivity contribution in [2.45, 2.75) is 6.54 Å². The summed E-state index contributed by atoms with van der Waals surface area (Å²) in [4.78, 5) is 12.0. The van der Waals surface area contributed by atoms with E-state index in [-0.39, 0.29) is 12.5 Å². The molecule has 0 aromatic heterocycles. The highest BCUT2D eigenvalue weighted by Gasteiger charge is 2.11. The molecule has 1 amide bonds. The SMILES string of the molecule is Nc1cccc(C(=O)NCc2ccc(F)c(F)c2)c1Br. The largest absolute Gasteiger partial charge is 0.398 e. The number of hydrogen-bond acceptors (Lipinski definition) is 2. The molecule has 3 nitrogen and oxygen atoms in total. The molecule has 0 atom stereocenters. The predicted octanol–water partition coefficient (Wildman–Crippen LogP) is 3.24. The lowest BCUT2D eigenvalue weighted by atomic mass is 10.1. The maximum Gasteiger partial charge on any atom is 0.252 e. The Kier molecular flexibility index (Phi) is 4.34. The molecule has 104 valence electrons. The van der Waals surface area contributed by atoms with Crippen LogP contribution in [0.5, 0.6) is 0 Å². The summed E-state index contributed by atoms with van der Waals surface area (Å²) in [5.41, 5.74) is 6.99. The smallest absolute Gasteiger partial charge is 0.252 e. The summed E-state index contributed by atoms with van der Waals surface area (Å²) in [5, 5.41) is 2.62. The van der Waals surface area contributed by atoms with Gasteiger partial charge in [0.2, 0.25) is 0 Å². The van der Waals surface area contributed by atoms with Gasteiger partial charge in [-0.15, -0.1) is 0 Å². The minimum Gasteiger partial charge on any atom is -0.398 e. The van der Waals surface area contributed by atoms with Crippen molar-refractivity contribution in [3.05, 3.63) is 63.6 Å². The number of nitrogens with one attached hydrogen (secondary N) is 1. The summed E-state index contributed by atoms with van der Waals surface area (Å²) in [5.74, 6) is -2.21. The number of anilines is 1. The van der Waals surface area contributed by atoms with Crippen LogP contribution in [0.3, 0.4) is 0 Å². The van der Waals surface area contributed by atoms with Crippen LogP contribution in [0.25, 0.3) is 0 Å². The van der Waals surface area contributed by atoms with Gasteiger partial charge in [-0.25, -0.2) is 8.78 Å². The van der Waals surface area contributed by atoms with E-state index < -0.39 is 11.6 Å². The average molecular weight is 341 g/mol. The fourth-order valence-electron chi connectivity index (χ4n) is 1.65. The van der Waals surface area contributed by atoms with Gasteiger partial charge < -0.3 is 11.1 Å². The van der Waals surface area contributed by atoms with Crippen LogP contribution in [-0.4, -0.2) is 5.91 Å². The van der Waals surface area contributed by atoms with Crippen molar-refractivity contribution < 1.29 is 13.6 Å². The Hall–Kier alpha value is -1.95. The van der Waals surface area contributed by atoms with Crippen LogP contribution in [0.15, 0.2) is 40.9 Å². The fraction of sp³-hybridized carbons (Fsp3) is 0.0714. The van der Waals surface area contributed by atoms with E-state index in [0.717, 1.165) is 12.1 Å². The minimum absolute atomic E-state index is 0.0945. The number of benzene rings is 2. The minimum atomic E-state index is -0.943. The topological polar surface area (TPSA) is 55.1 Å². The van der Waals surface area contributed by atoms with Crippen LogP contribution >= 0.6 is 15.9 Å². The van der Waals surface area contributed by atoms with Gasteiger partial charge in [0.05, 0.1) is 10.0 Å². The molecule has 0 radical (unpaired) electrons. The first kappa shape index (κ1) is 14.5. The molecule has 0 fully saturated rings. The second-order valence-corrected chi connectivity index (χ2v) is 4.93. The first-order valence-corrected chi connectivity index (χ1v) is 6.54. The fourth-order valence-corrected chi connectivity index (χ4v) is 2.10. The number of rotatable bonds is 3. The summed E-state index contributed by atoms with van der Waals surface area (Å²) in [6.45, 7) is 0.0945. The molecule has 0 aliphatic heterocycles. The standard InChI is InChI=1S/C14H11BrF2N2O/c15-13-9(2-1-3-12(13)18)14(20)19-7-8-4-5-10(16)11(17)6-8/h1-6H,7,18H2,(H,19,20). The Labute approximate surface area is 122 Å². The molecule has 2 rings (SSSR count). The van der Waals surface area contributed by atoms with E-state index in [2.05, 4.69) is 21.2 Å². The van der Waals surface area contributed by atoms with Gasteiger partial charge in [0, 0.05) is 12.2 Å². The van der Waals surface area contributed by atoms with Crippen LogP contribution in [0, 0.1) is 11.6 Å². The van der Waals surface area contributed by atoms with Gasteiger partial charge in [0.15, 0.2) is 11.6 Å². The molecule has 0 unspecified atom stereocenters. The third-order valence-corrected chi connectivity index (χ3v) is 3.60. The van der Waals surface area contributed by atoms with Crippen molar-refractivity contribution in [1.29, 1.82) is 0 Å². The number of amides is 1. The number of halogens is 3. The van der Waals surface area contributed by atoms with Crippen LogP contribution in [-0.2, 0) is 6.54 Å². The summed E-state index contributed by atoms with van der Waals surface area (Å²) >= 11 is 3.23. The van der Waals surface area contributed by atoms with E-state index in [4.69, 9.17) is 5.73 Å². The third kappa shape index (κ3) is 3.14. The Morgan fingerprint density at radius 1 is 1.20 bits per heavy atom. The summed E-state index contributed by atoms with van der Waals surface area (Å²) in [6, 6.07) is 8.41. The summed E-state index contributed by atoms with van der Waals surface area (Å²) < 4.78 is 26.3. The van der Waals surface area contributed by atoms with Crippen molar-refractivity contribution in [2.75, 3.05) is 5.73 Å². The second kappa shape index (κ2) is 6.00. The van der Waals surface area contributed by atoms with E-state index in [9.17, 15) is 13.6 Å². The van der Waals surface area contributed by atoms with Crippen molar-refractivity contribution in [2.24, 2.45) is 0 Å². The van der Waals surface area contributed by atoms with Crippen LogP contribution < -0.4 is 11.1 Å². The molecule has 0 aliphatic rings. The maximum absolute atomic E-state index is 13.0. The van der Waals surface area contributed by atoms with Gasteiger partial charge in [-0.3, -0.25) is 4.79 Å². The second-order valence-electron chi connectivity index (χ2n) is 4.14. The Balaban J connectivity index is 2.08. The zero-order valence-corrected chi connectivity index (χ0v) is 11.9. The van der Waals surface area contributed by atoms with Crippen molar-refractivity contribution >= 4 is 27.5 Å². The highest BCUT2D eigenvalue weighted by Crippen LogP contribution is 2.23. The lowest BCUT2D eigenvalue weighted by Gasteiger charge is -2.08. The lowest BCUT2D eigenvalue weighted by molar-refractivity contribution is 0.0950. The molecular formula is C14H11BrF2N2O. The highest BCUT2D eigenvalue weighted by molar-refractivity contribution is 9.10. The van der Waals surface area contributed by atoms with E-state index in [1.54, 1.807) is 18.2 Å². The predicted molar refractivity (Wildman–Crippen MR) is 76.1 cm³/mol. The van der Waals surface area contributed by atoms with Gasteiger partial charge in [0.25, 0.3) is 5.91 Å². The molecule has 3 N–H and O–H groups in total. The van der Waals surface area contributed by atoms with Crippen molar-refractivity contribution in [3.63, 3.8) is 0 Å². The van der Waals surface area contributed by atoms with Crippen LogP contribution in [0.1, 0.15) is 15.9 Å². The molecule has 2 aromatic carbocycles. The molecule has 0 saturated heterocycles. The maximum atomic E-state index is 13.0. The number of nitrogen functional groups attached to an aromatic ring is 1. The highest BCUT2D eigenvalue weighted by atomic mass is 79.9. The molecule has 2 aromatic rings. The monoisotopic (exact) mass is 340 g/mol. The van der Waals surface area contributed by atoms with E-state index in [1.807, 2.05) is 0 Å². The number of hydrogen-bond donors (Lipinski definition) is 2. The van der Waals surface area contributed by atoms with Gasteiger partial charge in [-0.2, -0.15) is 0 Å². The molecular weight excluding hydrogens is 330 g/mol. The first-order valence-electron chi connectivity index (χ1n) is 5.75. The Morgan fingerprint density at radius 3 is 2.65 bits per heavy atom. The van der Waals surface area contributed by atoms with E-state index in [0.29, 0.717) is 21.3 Å². The molecule has 6 heteroatoms. The summed E-state index contributed by atoms with van der Waals surface area (Å²) in [6.07, 6.45) is 0. The molecule has 0 aliphatic carbocycles. The lowest BCUT2D eigenvalue weighted by Crippen LogP contribution is -2.23. The number of nitrogens with two attached hydrogens (primary N) is 1. The molecule has 20 heavy (non-hydrogen) atoms. The third-order valence-electron chi connectivity index (χ3n) is 2.71. The number of carbonyl (C=O) groups is 1. The first-order chi connectivity index (χ1) is 9.49. The Bertz CT molecular complexity index is 662. The molecule has 0 saturated carbocycles. The molecule has 0 spiro atoms. The van der Waals surface area contributed by atoms with Crippen LogP contribution in [0.4, 0.5) is 14.5 Å². The zero-order valence-electron chi connectivity index (χ0n) is 10.3. The molecule has 0 heterocycles. The quantitative estimate of drug-likeness (QED) is 0.842. The Morgan fingerprint density at radius 2 is 1.95 bits per heavy atom. The van der Waals surface area contributed by atoms with Gasteiger partial charge in [-0.05, 0) is 45.8 Å². The van der Waals surface area contributed by atoms with Crippen LogP contribution in [0.2, 0.25) is 0 Å². The average Bonchev–Trinajstić information content (AvgIpc) is 2.43. The summed E-state index contributed by atoms with van der Waals surface area (Å²) in [7, 11) is 0.